The third kappa shape index (κ3) is 7.43. The first-order valence-corrected chi connectivity index (χ1v) is 16.6. The second-order valence-corrected chi connectivity index (χ2v) is 13.1. The van der Waals surface area contributed by atoms with E-state index in [1.165, 1.54) is 11.8 Å². The van der Waals surface area contributed by atoms with Crippen LogP contribution < -0.4 is 20.3 Å². The summed E-state index contributed by atoms with van der Waals surface area (Å²) >= 11 is 3.07. The number of nitrogens with one attached hydrogen (secondary N) is 2. The normalized spacial score (nSPS) is 12.7. The van der Waals surface area contributed by atoms with Gasteiger partial charge in [-0.25, -0.2) is 0 Å². The van der Waals surface area contributed by atoms with Crippen LogP contribution in [0.5, 0.6) is 5.75 Å². The summed E-state index contributed by atoms with van der Waals surface area (Å²) in [7, 11) is 1.57. The summed E-state index contributed by atoms with van der Waals surface area (Å²) in [5.74, 6) is -0.332. The molecule has 1 unspecified atom stereocenters. The van der Waals surface area contributed by atoms with Crippen molar-refractivity contribution in [3.05, 3.63) is 144 Å². The summed E-state index contributed by atoms with van der Waals surface area (Å²) in [6, 6.07) is 39.1. The quantitative estimate of drug-likeness (QED) is 0.122. The van der Waals surface area contributed by atoms with Gasteiger partial charge in [0.15, 0.2) is 0 Å². The van der Waals surface area contributed by atoms with E-state index in [4.69, 9.17) is 4.74 Å². The molecule has 2 N–H and O–H groups in total. The lowest BCUT2D eigenvalue weighted by Gasteiger charge is -2.32. The number of methoxy groups -OCH3 is 1. The van der Waals surface area contributed by atoms with Crippen LogP contribution in [0.4, 0.5) is 17.1 Å². The molecule has 0 bridgehead atoms. The number of carbonyl (C=O) groups excluding carboxylic acids is 3. The van der Waals surface area contributed by atoms with Gasteiger partial charge in [0.25, 0.3) is 11.8 Å². The number of hydrogen-bond donors (Lipinski definition) is 2. The number of anilines is 3. The minimum atomic E-state index is -0.498. The third-order valence-electron chi connectivity index (χ3n) is 7.34. The van der Waals surface area contributed by atoms with Crippen molar-refractivity contribution in [3.63, 3.8) is 0 Å². The number of para-hydroxylation sites is 2. The van der Waals surface area contributed by atoms with Crippen LogP contribution >= 0.6 is 23.5 Å². The van der Waals surface area contributed by atoms with Crippen molar-refractivity contribution in [3.8, 4) is 5.75 Å². The lowest BCUT2D eigenvalue weighted by Crippen LogP contribution is -2.34. The Morgan fingerprint density at radius 2 is 1.45 bits per heavy atom. The van der Waals surface area contributed by atoms with E-state index in [0.29, 0.717) is 22.6 Å². The molecule has 1 atom stereocenters. The molecule has 5 aromatic rings. The molecule has 0 saturated heterocycles. The van der Waals surface area contributed by atoms with E-state index in [-0.39, 0.29) is 11.6 Å². The van der Waals surface area contributed by atoms with Crippen molar-refractivity contribution in [1.82, 2.24) is 5.32 Å². The molecular formula is C38H31N3O4S2. The van der Waals surface area contributed by atoms with E-state index < -0.39 is 17.1 Å². The van der Waals surface area contributed by atoms with Gasteiger partial charge in [0.05, 0.1) is 23.7 Å². The number of thioether (sulfide) groups is 1. The van der Waals surface area contributed by atoms with Gasteiger partial charge in [0, 0.05) is 25.9 Å². The molecule has 5 aromatic carbocycles. The summed E-state index contributed by atoms with van der Waals surface area (Å²) in [6.45, 7) is 1.89. The summed E-state index contributed by atoms with van der Waals surface area (Å²) in [5.41, 5.74) is 3.42. The molecule has 1 heterocycles. The SMILES string of the molecule is COc1cccc(/C=C(/NC(=O)c2ccccc2)C(=O)Nc2cccc(SC(C)C(=O)N3c4ccccc4Sc4ccccc43)c2)c1. The molecule has 7 nitrogen and oxygen atoms in total. The van der Waals surface area contributed by atoms with E-state index in [0.717, 1.165) is 26.1 Å². The monoisotopic (exact) mass is 657 g/mol. The Morgan fingerprint density at radius 3 is 2.15 bits per heavy atom. The second-order valence-electron chi connectivity index (χ2n) is 10.6. The number of amides is 3. The summed E-state index contributed by atoms with van der Waals surface area (Å²) in [4.78, 5) is 45.3. The fraction of sp³-hybridized carbons (Fsp3) is 0.0789. The topological polar surface area (TPSA) is 87.7 Å². The maximum atomic E-state index is 14.0. The number of fused-ring (bicyclic) bond motifs is 2. The zero-order valence-electron chi connectivity index (χ0n) is 25.7. The van der Waals surface area contributed by atoms with E-state index in [2.05, 4.69) is 10.6 Å². The molecule has 3 amide bonds. The van der Waals surface area contributed by atoms with Crippen LogP contribution in [-0.4, -0.2) is 30.1 Å². The first kappa shape index (κ1) is 31.7. The van der Waals surface area contributed by atoms with E-state index in [1.54, 1.807) is 72.3 Å². The van der Waals surface area contributed by atoms with Gasteiger partial charge in [0.1, 0.15) is 11.4 Å². The molecule has 0 spiro atoms. The molecule has 234 valence electrons. The highest BCUT2D eigenvalue weighted by Crippen LogP contribution is 2.48. The number of benzene rings is 5. The summed E-state index contributed by atoms with van der Waals surface area (Å²) < 4.78 is 5.33. The first-order chi connectivity index (χ1) is 22.9. The minimum Gasteiger partial charge on any atom is -0.497 e. The molecule has 0 aliphatic carbocycles. The number of hydrogen-bond acceptors (Lipinski definition) is 6. The Labute approximate surface area is 282 Å². The van der Waals surface area contributed by atoms with Crippen molar-refractivity contribution < 1.29 is 19.1 Å². The van der Waals surface area contributed by atoms with Gasteiger partial charge in [-0.15, -0.1) is 11.8 Å². The van der Waals surface area contributed by atoms with Crippen LogP contribution in [0.15, 0.2) is 148 Å². The van der Waals surface area contributed by atoms with Gasteiger partial charge in [-0.05, 0) is 85.3 Å². The standard InChI is InChI=1S/C38H31N3O4S2/c1-25(38(44)41-32-18-6-8-20-34(32)47-35-21-9-7-19-33(35)41)46-30-17-11-15-28(24-30)39-37(43)31(23-26-12-10-16-29(22-26)45-2)40-36(42)27-13-4-3-5-14-27/h3-25H,1-2H3,(H,39,43)(H,40,42)/b31-23+. The van der Waals surface area contributed by atoms with Crippen LogP contribution in [0, 0.1) is 0 Å². The van der Waals surface area contributed by atoms with E-state index in [9.17, 15) is 14.4 Å². The molecule has 6 rings (SSSR count). The van der Waals surface area contributed by atoms with Crippen LogP contribution in [-0.2, 0) is 9.59 Å². The molecular weight excluding hydrogens is 627 g/mol. The Balaban J connectivity index is 1.21. The average Bonchev–Trinajstić information content (AvgIpc) is 3.10. The van der Waals surface area contributed by atoms with Gasteiger partial charge in [-0.3, -0.25) is 19.3 Å². The van der Waals surface area contributed by atoms with Gasteiger partial charge in [0.2, 0.25) is 5.91 Å². The zero-order chi connectivity index (χ0) is 32.8. The molecule has 9 heteroatoms. The predicted molar refractivity (Wildman–Crippen MR) is 189 cm³/mol. The molecule has 0 aromatic heterocycles. The molecule has 1 aliphatic heterocycles. The van der Waals surface area contributed by atoms with Crippen LogP contribution in [0.3, 0.4) is 0 Å². The first-order valence-electron chi connectivity index (χ1n) is 14.9. The minimum absolute atomic E-state index is 0.0447. The maximum Gasteiger partial charge on any atom is 0.272 e. The molecule has 47 heavy (non-hydrogen) atoms. The van der Waals surface area contributed by atoms with Crippen LogP contribution in [0.25, 0.3) is 6.08 Å². The predicted octanol–water partition coefficient (Wildman–Crippen LogP) is 8.41. The average molecular weight is 658 g/mol. The Kier molecular flexibility index (Phi) is 9.75. The van der Waals surface area contributed by atoms with E-state index in [1.807, 2.05) is 91.9 Å². The fourth-order valence-electron chi connectivity index (χ4n) is 5.06. The Hall–Kier alpha value is -5.25. The van der Waals surface area contributed by atoms with Crippen molar-refractivity contribution >= 4 is 64.4 Å². The van der Waals surface area contributed by atoms with Gasteiger partial charge in [-0.1, -0.05) is 72.4 Å². The van der Waals surface area contributed by atoms with Gasteiger partial charge < -0.3 is 15.4 Å². The number of nitrogens with zero attached hydrogens (tertiary/aromatic N) is 1. The highest BCUT2D eigenvalue weighted by molar-refractivity contribution is 8.00. The van der Waals surface area contributed by atoms with Gasteiger partial charge in [-0.2, -0.15) is 0 Å². The number of rotatable bonds is 9. The number of ether oxygens (including phenoxy) is 1. The lowest BCUT2D eigenvalue weighted by molar-refractivity contribution is -0.117. The van der Waals surface area contributed by atoms with Crippen molar-refractivity contribution in [2.75, 3.05) is 17.3 Å². The highest BCUT2D eigenvalue weighted by Gasteiger charge is 2.31. The van der Waals surface area contributed by atoms with E-state index >= 15 is 0 Å². The molecule has 0 radical (unpaired) electrons. The maximum absolute atomic E-state index is 14.0. The third-order valence-corrected chi connectivity index (χ3v) is 9.55. The molecule has 0 fully saturated rings. The summed E-state index contributed by atoms with van der Waals surface area (Å²) in [6.07, 6.45) is 1.60. The number of carbonyl (C=O) groups is 3. The Bertz CT molecular complexity index is 1930. The molecule has 0 saturated carbocycles. The van der Waals surface area contributed by atoms with Crippen LogP contribution in [0.1, 0.15) is 22.8 Å². The lowest BCUT2D eigenvalue weighted by atomic mass is 10.1. The fourth-order valence-corrected chi connectivity index (χ4v) is 7.09. The smallest absolute Gasteiger partial charge is 0.272 e. The highest BCUT2D eigenvalue weighted by atomic mass is 32.2. The van der Waals surface area contributed by atoms with Gasteiger partial charge >= 0.3 is 0 Å². The van der Waals surface area contributed by atoms with Crippen molar-refractivity contribution in [2.45, 2.75) is 26.9 Å². The zero-order valence-corrected chi connectivity index (χ0v) is 27.3. The van der Waals surface area contributed by atoms with Crippen LogP contribution in [0.2, 0.25) is 0 Å². The Morgan fingerprint density at radius 1 is 0.787 bits per heavy atom. The summed E-state index contributed by atoms with van der Waals surface area (Å²) in [5, 5.41) is 5.25. The van der Waals surface area contributed by atoms with Crippen molar-refractivity contribution in [1.29, 1.82) is 0 Å². The second kappa shape index (κ2) is 14.5. The molecule has 1 aliphatic rings. The largest absolute Gasteiger partial charge is 0.497 e. The van der Waals surface area contributed by atoms with Crippen molar-refractivity contribution in [2.24, 2.45) is 0 Å².